The quantitative estimate of drug-likeness (QED) is 0.798. The van der Waals surface area contributed by atoms with E-state index < -0.39 is 11.8 Å². The molecule has 90 valence electrons. The Morgan fingerprint density at radius 1 is 1.59 bits per heavy atom. The van der Waals surface area contributed by atoms with Gasteiger partial charge >= 0.3 is 5.97 Å². The van der Waals surface area contributed by atoms with E-state index in [9.17, 15) is 9.18 Å². The van der Waals surface area contributed by atoms with E-state index in [1.54, 1.807) is 19.1 Å². The summed E-state index contributed by atoms with van der Waals surface area (Å²) in [4.78, 5) is 11.2. The van der Waals surface area contributed by atoms with Gasteiger partial charge in [-0.1, -0.05) is 6.07 Å². The van der Waals surface area contributed by atoms with E-state index in [-0.39, 0.29) is 25.1 Å². The number of carbonyl (C=O) groups is 1. The maximum Gasteiger partial charge on any atom is 0.310 e. The lowest BCUT2D eigenvalue weighted by Crippen LogP contribution is -2.10. The second-order valence-corrected chi connectivity index (χ2v) is 3.41. The molecule has 0 atom stereocenters. The highest BCUT2D eigenvalue weighted by molar-refractivity contribution is 5.72. The van der Waals surface area contributed by atoms with Crippen LogP contribution in [-0.2, 0) is 22.5 Å². The Hall–Kier alpha value is -1.93. The number of hydrogen-bond donors (Lipinski definition) is 1. The summed E-state index contributed by atoms with van der Waals surface area (Å²) in [6, 6.07) is 4.46. The molecule has 2 N–H and O–H groups in total. The normalized spacial score (nSPS) is 9.76. The van der Waals surface area contributed by atoms with Gasteiger partial charge in [0, 0.05) is 6.54 Å². The highest BCUT2D eigenvalue weighted by Crippen LogP contribution is 2.16. The van der Waals surface area contributed by atoms with Gasteiger partial charge in [-0.05, 0) is 24.1 Å². The van der Waals surface area contributed by atoms with E-state index in [0.29, 0.717) is 11.1 Å². The average molecular weight is 236 g/mol. The summed E-state index contributed by atoms with van der Waals surface area (Å²) in [7, 11) is 0. The van der Waals surface area contributed by atoms with Gasteiger partial charge in [-0.25, -0.2) is 4.39 Å². The molecule has 0 unspecified atom stereocenters. The number of benzene rings is 1. The SMILES string of the molecule is CCOC(=O)Cc1cc(F)c(C#N)c(CN)c1. The van der Waals surface area contributed by atoms with Crippen molar-refractivity contribution in [2.75, 3.05) is 6.61 Å². The Kier molecular flexibility index (Phi) is 4.61. The lowest BCUT2D eigenvalue weighted by molar-refractivity contribution is -0.142. The summed E-state index contributed by atoms with van der Waals surface area (Å²) < 4.78 is 18.3. The van der Waals surface area contributed by atoms with Gasteiger partial charge < -0.3 is 10.5 Å². The molecule has 0 saturated heterocycles. The minimum atomic E-state index is -0.658. The molecular formula is C12H13FN2O2. The van der Waals surface area contributed by atoms with E-state index in [0.717, 1.165) is 6.07 Å². The largest absolute Gasteiger partial charge is 0.466 e. The highest BCUT2D eigenvalue weighted by Gasteiger charge is 2.12. The van der Waals surface area contributed by atoms with Gasteiger partial charge in [0.25, 0.3) is 0 Å². The van der Waals surface area contributed by atoms with Crippen LogP contribution in [0.1, 0.15) is 23.6 Å². The third kappa shape index (κ3) is 3.26. The fourth-order valence-corrected chi connectivity index (χ4v) is 1.49. The van der Waals surface area contributed by atoms with Crippen molar-refractivity contribution < 1.29 is 13.9 Å². The molecule has 0 amide bonds. The minimum Gasteiger partial charge on any atom is -0.466 e. The number of rotatable bonds is 4. The molecule has 17 heavy (non-hydrogen) atoms. The molecular weight excluding hydrogens is 223 g/mol. The van der Waals surface area contributed by atoms with Crippen LogP contribution in [-0.4, -0.2) is 12.6 Å². The van der Waals surface area contributed by atoms with Crippen molar-refractivity contribution in [2.24, 2.45) is 5.73 Å². The number of hydrogen-bond acceptors (Lipinski definition) is 4. The fraction of sp³-hybridized carbons (Fsp3) is 0.333. The van der Waals surface area contributed by atoms with Crippen LogP contribution >= 0.6 is 0 Å². The molecule has 0 bridgehead atoms. The van der Waals surface area contributed by atoms with Crippen LogP contribution in [0.4, 0.5) is 4.39 Å². The van der Waals surface area contributed by atoms with Gasteiger partial charge in [-0.3, -0.25) is 4.79 Å². The predicted octanol–water partition coefficient (Wildman–Crippen LogP) is 1.26. The third-order valence-electron chi connectivity index (χ3n) is 2.22. The van der Waals surface area contributed by atoms with Crippen LogP contribution in [0.25, 0.3) is 0 Å². The molecule has 0 aliphatic rings. The number of esters is 1. The monoisotopic (exact) mass is 236 g/mol. The second-order valence-electron chi connectivity index (χ2n) is 3.41. The molecule has 0 saturated carbocycles. The molecule has 0 aliphatic heterocycles. The van der Waals surface area contributed by atoms with Gasteiger partial charge in [0.05, 0.1) is 18.6 Å². The van der Waals surface area contributed by atoms with Crippen LogP contribution in [0.3, 0.4) is 0 Å². The van der Waals surface area contributed by atoms with E-state index >= 15 is 0 Å². The minimum absolute atomic E-state index is 0.0243. The Labute approximate surface area is 98.8 Å². The molecule has 0 spiro atoms. The summed E-state index contributed by atoms with van der Waals surface area (Å²) in [6.45, 7) is 2.03. The predicted molar refractivity (Wildman–Crippen MR) is 59.3 cm³/mol. The first kappa shape index (κ1) is 13.1. The molecule has 1 aromatic rings. The van der Waals surface area contributed by atoms with Crippen LogP contribution in [0.2, 0.25) is 0 Å². The van der Waals surface area contributed by atoms with E-state index in [4.69, 9.17) is 15.7 Å². The summed E-state index contributed by atoms with van der Waals surface area (Å²) in [5, 5.41) is 8.75. The lowest BCUT2D eigenvalue weighted by Gasteiger charge is -2.07. The molecule has 0 heterocycles. The van der Waals surface area contributed by atoms with Crippen molar-refractivity contribution in [3.8, 4) is 6.07 Å². The zero-order valence-corrected chi connectivity index (χ0v) is 9.50. The standard InChI is InChI=1S/C12H13FN2O2/c1-2-17-12(16)5-8-3-9(6-14)10(7-15)11(13)4-8/h3-4H,2,5-6,14H2,1H3. The van der Waals surface area contributed by atoms with Crippen LogP contribution in [0.15, 0.2) is 12.1 Å². The van der Waals surface area contributed by atoms with Gasteiger partial charge in [-0.15, -0.1) is 0 Å². The number of nitriles is 1. The van der Waals surface area contributed by atoms with Gasteiger partial charge in [0.1, 0.15) is 11.9 Å². The van der Waals surface area contributed by atoms with Gasteiger partial charge in [-0.2, -0.15) is 5.26 Å². The second kappa shape index (κ2) is 5.97. The van der Waals surface area contributed by atoms with Gasteiger partial charge in [0.15, 0.2) is 0 Å². The third-order valence-corrected chi connectivity index (χ3v) is 2.22. The van der Waals surface area contributed by atoms with Crippen molar-refractivity contribution in [3.05, 3.63) is 34.6 Å². The summed E-state index contributed by atoms with van der Waals surface area (Å²) >= 11 is 0. The Balaban J connectivity index is 3.00. The number of nitrogens with zero attached hydrogens (tertiary/aromatic N) is 1. The highest BCUT2D eigenvalue weighted by atomic mass is 19.1. The summed E-state index contributed by atoms with van der Waals surface area (Å²) in [5.41, 5.74) is 6.20. The molecule has 0 aliphatic carbocycles. The number of halogens is 1. The maximum atomic E-state index is 13.5. The zero-order chi connectivity index (χ0) is 12.8. The van der Waals surface area contributed by atoms with E-state index in [1.165, 1.54) is 0 Å². The van der Waals surface area contributed by atoms with Crippen molar-refractivity contribution in [3.63, 3.8) is 0 Å². The molecule has 0 aromatic heterocycles. The smallest absolute Gasteiger partial charge is 0.310 e. The van der Waals surface area contributed by atoms with Crippen LogP contribution in [0.5, 0.6) is 0 Å². The Morgan fingerprint density at radius 3 is 2.82 bits per heavy atom. The van der Waals surface area contributed by atoms with Crippen molar-refractivity contribution in [2.45, 2.75) is 19.9 Å². The van der Waals surface area contributed by atoms with Crippen molar-refractivity contribution >= 4 is 5.97 Å². The number of nitrogens with two attached hydrogens (primary N) is 1. The molecule has 4 nitrogen and oxygen atoms in total. The van der Waals surface area contributed by atoms with Crippen LogP contribution in [0, 0.1) is 17.1 Å². The number of carbonyl (C=O) groups excluding carboxylic acids is 1. The van der Waals surface area contributed by atoms with Gasteiger partial charge in [0.2, 0.25) is 0 Å². The Bertz CT molecular complexity index is 466. The average Bonchev–Trinajstić information content (AvgIpc) is 2.28. The summed E-state index contributed by atoms with van der Waals surface area (Å²) in [5.74, 6) is -1.09. The fourth-order valence-electron chi connectivity index (χ4n) is 1.49. The van der Waals surface area contributed by atoms with Crippen molar-refractivity contribution in [1.82, 2.24) is 0 Å². The Morgan fingerprint density at radius 2 is 2.29 bits per heavy atom. The maximum absolute atomic E-state index is 13.5. The topological polar surface area (TPSA) is 76.1 Å². The molecule has 0 radical (unpaired) electrons. The summed E-state index contributed by atoms with van der Waals surface area (Å²) in [6.07, 6.45) is -0.0243. The first-order chi connectivity index (χ1) is 8.12. The zero-order valence-electron chi connectivity index (χ0n) is 9.50. The van der Waals surface area contributed by atoms with Crippen molar-refractivity contribution in [1.29, 1.82) is 5.26 Å². The van der Waals surface area contributed by atoms with E-state index in [1.807, 2.05) is 0 Å². The molecule has 1 rings (SSSR count). The first-order valence-corrected chi connectivity index (χ1v) is 5.19. The van der Waals surface area contributed by atoms with Crippen LogP contribution < -0.4 is 5.73 Å². The number of ether oxygens (including phenoxy) is 1. The molecule has 5 heteroatoms. The lowest BCUT2D eigenvalue weighted by atomic mass is 10.0. The first-order valence-electron chi connectivity index (χ1n) is 5.19. The molecule has 0 fully saturated rings. The van der Waals surface area contributed by atoms with E-state index in [2.05, 4.69) is 0 Å². The molecule has 1 aromatic carbocycles.